The molecule has 0 radical (unpaired) electrons. The number of benzene rings is 3. The van der Waals surface area contributed by atoms with Crippen LogP contribution >= 0.6 is 11.6 Å². The lowest BCUT2D eigenvalue weighted by molar-refractivity contribution is -0.115. The highest BCUT2D eigenvalue weighted by molar-refractivity contribution is 6.30. The van der Waals surface area contributed by atoms with Crippen LogP contribution in [-0.4, -0.2) is 5.91 Å². The van der Waals surface area contributed by atoms with Crippen molar-refractivity contribution in [3.63, 3.8) is 0 Å². The van der Waals surface area contributed by atoms with E-state index in [2.05, 4.69) is 11.4 Å². The van der Waals surface area contributed by atoms with Crippen molar-refractivity contribution in [2.75, 3.05) is 5.32 Å². The molecule has 0 aliphatic heterocycles. The van der Waals surface area contributed by atoms with Gasteiger partial charge in [-0.05, 0) is 47.5 Å². The summed E-state index contributed by atoms with van der Waals surface area (Å²) in [5, 5.41) is 12.5. The molecule has 0 heterocycles. The standard InChI is InChI=1S/C22H17ClN2O2/c23-19-9-7-16(8-10-19)12-22(26)25-20-5-2-6-21(13-20)27-15-18-4-1-3-17(11-18)14-24/h1-11,13H,12,15H2,(H,25,26). The number of amides is 1. The van der Waals surface area contributed by atoms with Crippen molar-refractivity contribution >= 4 is 23.2 Å². The van der Waals surface area contributed by atoms with Crippen LogP contribution in [0.4, 0.5) is 5.69 Å². The quantitative estimate of drug-likeness (QED) is 0.660. The van der Waals surface area contributed by atoms with Crippen molar-refractivity contribution in [1.29, 1.82) is 5.26 Å². The summed E-state index contributed by atoms with van der Waals surface area (Å²) in [6, 6.07) is 23.8. The van der Waals surface area contributed by atoms with Gasteiger partial charge in [0.25, 0.3) is 0 Å². The third-order valence-electron chi connectivity index (χ3n) is 3.86. The van der Waals surface area contributed by atoms with Crippen LogP contribution in [0.1, 0.15) is 16.7 Å². The first-order chi connectivity index (χ1) is 13.1. The van der Waals surface area contributed by atoms with Crippen LogP contribution in [0.3, 0.4) is 0 Å². The van der Waals surface area contributed by atoms with Gasteiger partial charge in [0.05, 0.1) is 18.1 Å². The van der Waals surface area contributed by atoms with Gasteiger partial charge < -0.3 is 10.1 Å². The molecule has 0 unspecified atom stereocenters. The average Bonchev–Trinajstić information content (AvgIpc) is 2.68. The number of rotatable bonds is 6. The molecule has 0 fully saturated rings. The highest BCUT2D eigenvalue weighted by Crippen LogP contribution is 2.19. The number of nitriles is 1. The Balaban J connectivity index is 1.58. The fraction of sp³-hybridized carbons (Fsp3) is 0.0909. The summed E-state index contributed by atoms with van der Waals surface area (Å²) in [6.07, 6.45) is 0.267. The van der Waals surface area contributed by atoms with E-state index < -0.39 is 0 Å². The second-order valence-corrected chi connectivity index (χ2v) is 6.42. The van der Waals surface area contributed by atoms with E-state index >= 15 is 0 Å². The molecule has 0 saturated heterocycles. The minimum Gasteiger partial charge on any atom is -0.489 e. The maximum Gasteiger partial charge on any atom is 0.228 e. The summed E-state index contributed by atoms with van der Waals surface area (Å²) in [5.74, 6) is 0.526. The predicted octanol–water partition coefficient (Wildman–Crippen LogP) is 4.97. The fourth-order valence-corrected chi connectivity index (χ4v) is 2.68. The molecule has 134 valence electrons. The van der Waals surface area contributed by atoms with Gasteiger partial charge in [-0.15, -0.1) is 0 Å². The molecule has 3 aromatic rings. The van der Waals surface area contributed by atoms with Crippen LogP contribution in [0.25, 0.3) is 0 Å². The molecule has 0 aliphatic rings. The first-order valence-corrected chi connectivity index (χ1v) is 8.76. The van der Waals surface area contributed by atoms with E-state index in [1.165, 1.54) is 0 Å². The van der Waals surface area contributed by atoms with E-state index in [4.69, 9.17) is 21.6 Å². The molecule has 0 aromatic heterocycles. The Labute approximate surface area is 163 Å². The number of nitrogens with one attached hydrogen (secondary N) is 1. The first-order valence-electron chi connectivity index (χ1n) is 8.38. The molecular weight excluding hydrogens is 360 g/mol. The zero-order chi connectivity index (χ0) is 19.1. The number of hydrogen-bond acceptors (Lipinski definition) is 3. The SMILES string of the molecule is N#Cc1cccc(COc2cccc(NC(=O)Cc3ccc(Cl)cc3)c2)c1. The van der Waals surface area contributed by atoms with Gasteiger partial charge in [0.2, 0.25) is 5.91 Å². The Morgan fingerprint density at radius 1 is 1.00 bits per heavy atom. The monoisotopic (exact) mass is 376 g/mol. The molecule has 3 rings (SSSR count). The molecule has 27 heavy (non-hydrogen) atoms. The van der Waals surface area contributed by atoms with Crippen LogP contribution < -0.4 is 10.1 Å². The zero-order valence-corrected chi connectivity index (χ0v) is 15.2. The summed E-state index contributed by atoms with van der Waals surface area (Å²) in [6.45, 7) is 0.345. The lowest BCUT2D eigenvalue weighted by atomic mass is 10.1. The van der Waals surface area contributed by atoms with E-state index in [9.17, 15) is 4.79 Å². The molecule has 3 aromatic carbocycles. The topological polar surface area (TPSA) is 62.1 Å². The van der Waals surface area contributed by atoms with E-state index in [0.717, 1.165) is 11.1 Å². The van der Waals surface area contributed by atoms with Gasteiger partial charge in [-0.1, -0.05) is 41.9 Å². The summed E-state index contributed by atoms with van der Waals surface area (Å²) < 4.78 is 5.77. The summed E-state index contributed by atoms with van der Waals surface area (Å²) in [4.78, 5) is 12.2. The maximum absolute atomic E-state index is 12.2. The number of carbonyl (C=O) groups excluding carboxylic acids is 1. The van der Waals surface area contributed by atoms with Gasteiger partial charge in [-0.3, -0.25) is 4.79 Å². The van der Waals surface area contributed by atoms with Crippen molar-refractivity contribution in [2.45, 2.75) is 13.0 Å². The third-order valence-corrected chi connectivity index (χ3v) is 4.11. The molecule has 0 aliphatic carbocycles. The molecule has 1 N–H and O–H groups in total. The van der Waals surface area contributed by atoms with Crippen LogP contribution in [0, 0.1) is 11.3 Å². The fourth-order valence-electron chi connectivity index (χ4n) is 2.55. The number of ether oxygens (including phenoxy) is 1. The number of nitrogens with zero attached hydrogens (tertiary/aromatic N) is 1. The minimum absolute atomic E-state index is 0.115. The molecule has 1 amide bonds. The largest absolute Gasteiger partial charge is 0.489 e. The smallest absolute Gasteiger partial charge is 0.228 e. The molecule has 0 atom stereocenters. The summed E-state index contributed by atoms with van der Waals surface area (Å²) in [7, 11) is 0. The summed E-state index contributed by atoms with van der Waals surface area (Å²) in [5.41, 5.74) is 3.06. The highest BCUT2D eigenvalue weighted by Gasteiger charge is 2.06. The van der Waals surface area contributed by atoms with E-state index in [0.29, 0.717) is 28.6 Å². The third kappa shape index (κ3) is 5.60. The molecule has 0 spiro atoms. The van der Waals surface area contributed by atoms with Gasteiger partial charge in [-0.2, -0.15) is 5.26 Å². The van der Waals surface area contributed by atoms with Gasteiger partial charge >= 0.3 is 0 Å². The molecule has 5 heteroatoms. The number of hydrogen-bond donors (Lipinski definition) is 1. The highest BCUT2D eigenvalue weighted by atomic mass is 35.5. The van der Waals surface area contributed by atoms with E-state index in [1.807, 2.05) is 42.5 Å². The minimum atomic E-state index is -0.115. The van der Waals surface area contributed by atoms with Gasteiger partial charge in [-0.25, -0.2) is 0 Å². The number of anilines is 1. The Hall–Kier alpha value is -3.29. The lowest BCUT2D eigenvalue weighted by Gasteiger charge is -2.10. The van der Waals surface area contributed by atoms with Crippen LogP contribution in [-0.2, 0) is 17.8 Å². The van der Waals surface area contributed by atoms with Crippen molar-refractivity contribution in [3.8, 4) is 11.8 Å². The first kappa shape index (κ1) is 18.5. The molecule has 0 bridgehead atoms. The Kier molecular flexibility index (Phi) is 6.09. The number of carbonyl (C=O) groups is 1. The second-order valence-electron chi connectivity index (χ2n) is 5.98. The molecule has 0 saturated carbocycles. The number of halogens is 1. The predicted molar refractivity (Wildman–Crippen MR) is 106 cm³/mol. The Bertz CT molecular complexity index is 978. The van der Waals surface area contributed by atoms with Gasteiger partial charge in [0.15, 0.2) is 0 Å². The second kappa shape index (κ2) is 8.88. The molecule has 4 nitrogen and oxygen atoms in total. The van der Waals surface area contributed by atoms with Gasteiger partial charge in [0.1, 0.15) is 12.4 Å². The van der Waals surface area contributed by atoms with Crippen molar-refractivity contribution in [2.24, 2.45) is 0 Å². The maximum atomic E-state index is 12.2. The summed E-state index contributed by atoms with van der Waals surface area (Å²) >= 11 is 5.86. The van der Waals surface area contributed by atoms with Gasteiger partial charge in [0, 0.05) is 16.8 Å². The zero-order valence-electron chi connectivity index (χ0n) is 14.5. The molecular formula is C22H17ClN2O2. The van der Waals surface area contributed by atoms with E-state index in [1.54, 1.807) is 30.3 Å². The van der Waals surface area contributed by atoms with Crippen LogP contribution in [0.5, 0.6) is 5.75 Å². The van der Waals surface area contributed by atoms with E-state index in [-0.39, 0.29) is 12.3 Å². The Morgan fingerprint density at radius 2 is 1.78 bits per heavy atom. The van der Waals surface area contributed by atoms with Crippen LogP contribution in [0.2, 0.25) is 5.02 Å². The lowest BCUT2D eigenvalue weighted by Crippen LogP contribution is -2.14. The van der Waals surface area contributed by atoms with Crippen molar-refractivity contribution < 1.29 is 9.53 Å². The normalized spacial score (nSPS) is 10.1. The van der Waals surface area contributed by atoms with Crippen LogP contribution in [0.15, 0.2) is 72.8 Å². The van der Waals surface area contributed by atoms with Crippen molar-refractivity contribution in [1.82, 2.24) is 0 Å². The Morgan fingerprint density at radius 3 is 2.56 bits per heavy atom. The van der Waals surface area contributed by atoms with Crippen molar-refractivity contribution in [3.05, 3.63) is 94.5 Å². The average molecular weight is 377 g/mol.